The minimum absolute atomic E-state index is 0.220. The molecule has 0 aliphatic heterocycles. The van der Waals surface area contributed by atoms with Crippen LogP contribution in [0.5, 0.6) is 0 Å². The standard InChI is InChI=1S/C13H8FNS2/c14-10-5-3-9(4-6-10)11-8-17-13(15-11)12-2-1-7-16-12/h1-8H. The second-order valence-corrected chi connectivity index (χ2v) is 5.33. The van der Waals surface area contributed by atoms with Gasteiger partial charge in [-0.3, -0.25) is 0 Å². The van der Waals surface area contributed by atoms with Crippen LogP contribution < -0.4 is 0 Å². The lowest BCUT2D eigenvalue weighted by atomic mass is 10.2. The molecule has 3 aromatic rings. The molecule has 0 fully saturated rings. The van der Waals surface area contributed by atoms with Gasteiger partial charge in [0.1, 0.15) is 10.8 Å². The summed E-state index contributed by atoms with van der Waals surface area (Å²) in [6, 6.07) is 10.5. The van der Waals surface area contributed by atoms with Gasteiger partial charge >= 0.3 is 0 Å². The van der Waals surface area contributed by atoms with E-state index in [1.807, 2.05) is 16.8 Å². The Hall–Kier alpha value is -1.52. The fourth-order valence-electron chi connectivity index (χ4n) is 1.54. The Morgan fingerprint density at radius 3 is 2.53 bits per heavy atom. The monoisotopic (exact) mass is 261 g/mol. The van der Waals surface area contributed by atoms with Crippen LogP contribution in [-0.2, 0) is 0 Å². The van der Waals surface area contributed by atoms with Crippen LogP contribution in [0.3, 0.4) is 0 Å². The molecule has 0 bridgehead atoms. The Labute approximate surface area is 106 Å². The van der Waals surface area contributed by atoms with Crippen LogP contribution in [0.1, 0.15) is 0 Å². The maximum atomic E-state index is 12.8. The first-order chi connectivity index (χ1) is 8.33. The van der Waals surface area contributed by atoms with Crippen LogP contribution in [0, 0.1) is 5.82 Å². The van der Waals surface area contributed by atoms with E-state index in [0.717, 1.165) is 16.3 Å². The van der Waals surface area contributed by atoms with Crippen LogP contribution in [0.4, 0.5) is 4.39 Å². The molecular formula is C13H8FNS2. The molecule has 84 valence electrons. The third-order valence-electron chi connectivity index (χ3n) is 2.38. The summed E-state index contributed by atoms with van der Waals surface area (Å²) >= 11 is 3.29. The Balaban J connectivity index is 1.98. The Kier molecular flexibility index (Phi) is 2.74. The summed E-state index contributed by atoms with van der Waals surface area (Å²) in [4.78, 5) is 5.73. The van der Waals surface area contributed by atoms with Gasteiger partial charge in [0.2, 0.25) is 0 Å². The number of aromatic nitrogens is 1. The summed E-state index contributed by atoms with van der Waals surface area (Å²) in [5, 5.41) is 5.05. The van der Waals surface area contributed by atoms with E-state index in [4.69, 9.17) is 0 Å². The highest BCUT2D eigenvalue weighted by atomic mass is 32.1. The van der Waals surface area contributed by atoms with Gasteiger partial charge in [-0.05, 0) is 35.7 Å². The number of nitrogens with zero attached hydrogens (tertiary/aromatic N) is 1. The third kappa shape index (κ3) is 2.14. The first kappa shape index (κ1) is 10.6. The van der Waals surface area contributed by atoms with Crippen molar-refractivity contribution in [2.24, 2.45) is 0 Å². The topological polar surface area (TPSA) is 12.9 Å². The lowest BCUT2D eigenvalue weighted by Crippen LogP contribution is -1.79. The zero-order valence-corrected chi connectivity index (χ0v) is 10.4. The molecule has 0 N–H and O–H groups in total. The van der Waals surface area contributed by atoms with Crippen molar-refractivity contribution < 1.29 is 4.39 Å². The van der Waals surface area contributed by atoms with Gasteiger partial charge in [-0.15, -0.1) is 22.7 Å². The van der Waals surface area contributed by atoms with E-state index in [-0.39, 0.29) is 5.82 Å². The van der Waals surface area contributed by atoms with Crippen molar-refractivity contribution in [3.8, 4) is 21.1 Å². The van der Waals surface area contributed by atoms with Gasteiger partial charge in [-0.25, -0.2) is 9.37 Å². The highest BCUT2D eigenvalue weighted by Gasteiger charge is 2.07. The number of thiazole rings is 1. The quantitative estimate of drug-likeness (QED) is 0.653. The number of rotatable bonds is 2. The lowest BCUT2D eigenvalue weighted by Gasteiger charge is -1.95. The normalized spacial score (nSPS) is 10.6. The molecule has 0 aliphatic carbocycles. The molecule has 0 unspecified atom stereocenters. The zero-order valence-electron chi connectivity index (χ0n) is 8.76. The molecule has 0 saturated carbocycles. The van der Waals surface area contributed by atoms with E-state index in [1.165, 1.54) is 17.0 Å². The van der Waals surface area contributed by atoms with Crippen LogP contribution in [0.25, 0.3) is 21.1 Å². The molecule has 0 saturated heterocycles. The van der Waals surface area contributed by atoms with E-state index >= 15 is 0 Å². The maximum absolute atomic E-state index is 12.8. The molecule has 0 aliphatic rings. The molecule has 4 heteroatoms. The first-order valence-corrected chi connectivity index (χ1v) is 6.84. The van der Waals surface area contributed by atoms with Gasteiger partial charge in [0.05, 0.1) is 10.6 Å². The average Bonchev–Trinajstić information content (AvgIpc) is 3.00. The van der Waals surface area contributed by atoms with Gasteiger partial charge in [0, 0.05) is 10.9 Å². The van der Waals surface area contributed by atoms with Crippen LogP contribution in [0.2, 0.25) is 0 Å². The number of hydrogen-bond acceptors (Lipinski definition) is 3. The smallest absolute Gasteiger partial charge is 0.134 e. The van der Waals surface area contributed by atoms with E-state index in [1.54, 1.807) is 34.8 Å². The second kappa shape index (κ2) is 4.39. The van der Waals surface area contributed by atoms with Crippen molar-refractivity contribution in [3.63, 3.8) is 0 Å². The predicted molar refractivity (Wildman–Crippen MR) is 70.8 cm³/mol. The molecule has 17 heavy (non-hydrogen) atoms. The van der Waals surface area contributed by atoms with Crippen LogP contribution in [-0.4, -0.2) is 4.98 Å². The van der Waals surface area contributed by atoms with Gasteiger partial charge in [-0.2, -0.15) is 0 Å². The highest BCUT2D eigenvalue weighted by molar-refractivity contribution is 7.20. The van der Waals surface area contributed by atoms with Crippen molar-refractivity contribution in [1.29, 1.82) is 0 Å². The van der Waals surface area contributed by atoms with Crippen LogP contribution >= 0.6 is 22.7 Å². The maximum Gasteiger partial charge on any atom is 0.134 e. The molecule has 0 atom stereocenters. The minimum atomic E-state index is -0.220. The number of thiophene rings is 1. The predicted octanol–water partition coefficient (Wildman–Crippen LogP) is 4.68. The fourth-order valence-corrected chi connectivity index (χ4v) is 3.18. The number of halogens is 1. The number of hydrogen-bond donors (Lipinski definition) is 0. The zero-order chi connectivity index (χ0) is 11.7. The molecule has 0 radical (unpaired) electrons. The van der Waals surface area contributed by atoms with Gasteiger partial charge < -0.3 is 0 Å². The summed E-state index contributed by atoms with van der Waals surface area (Å²) in [5.74, 6) is -0.220. The van der Waals surface area contributed by atoms with Gasteiger partial charge in [0.25, 0.3) is 0 Å². The number of benzene rings is 1. The molecule has 1 aromatic carbocycles. The Morgan fingerprint density at radius 1 is 1.00 bits per heavy atom. The van der Waals surface area contributed by atoms with Gasteiger partial charge in [-0.1, -0.05) is 6.07 Å². The first-order valence-electron chi connectivity index (χ1n) is 5.08. The highest BCUT2D eigenvalue weighted by Crippen LogP contribution is 2.31. The molecule has 3 rings (SSSR count). The largest absolute Gasteiger partial charge is 0.235 e. The second-order valence-electron chi connectivity index (χ2n) is 3.52. The molecule has 1 nitrogen and oxygen atoms in total. The van der Waals surface area contributed by atoms with Crippen molar-refractivity contribution in [1.82, 2.24) is 4.98 Å². The van der Waals surface area contributed by atoms with Crippen molar-refractivity contribution in [2.75, 3.05) is 0 Å². The summed E-state index contributed by atoms with van der Waals surface area (Å²) in [5.41, 5.74) is 1.85. The molecule has 2 heterocycles. The molecular weight excluding hydrogens is 253 g/mol. The Bertz CT molecular complexity index is 611. The van der Waals surface area contributed by atoms with Crippen LogP contribution in [0.15, 0.2) is 47.2 Å². The third-order valence-corrected chi connectivity index (χ3v) is 4.26. The fraction of sp³-hybridized carbons (Fsp3) is 0. The molecule has 0 amide bonds. The minimum Gasteiger partial charge on any atom is -0.235 e. The Morgan fingerprint density at radius 2 is 1.82 bits per heavy atom. The van der Waals surface area contributed by atoms with Crippen molar-refractivity contribution >= 4 is 22.7 Å². The average molecular weight is 261 g/mol. The van der Waals surface area contributed by atoms with Crippen molar-refractivity contribution in [2.45, 2.75) is 0 Å². The summed E-state index contributed by atoms with van der Waals surface area (Å²) < 4.78 is 12.8. The van der Waals surface area contributed by atoms with E-state index in [9.17, 15) is 4.39 Å². The lowest BCUT2D eigenvalue weighted by molar-refractivity contribution is 0.628. The van der Waals surface area contributed by atoms with Gasteiger partial charge in [0.15, 0.2) is 0 Å². The summed E-state index contributed by atoms with van der Waals surface area (Å²) in [7, 11) is 0. The van der Waals surface area contributed by atoms with E-state index < -0.39 is 0 Å². The SMILES string of the molecule is Fc1ccc(-c2csc(-c3cccs3)n2)cc1. The molecule has 0 spiro atoms. The summed E-state index contributed by atoms with van der Waals surface area (Å²) in [6.45, 7) is 0. The van der Waals surface area contributed by atoms with E-state index in [0.29, 0.717) is 0 Å². The van der Waals surface area contributed by atoms with Crippen molar-refractivity contribution in [3.05, 3.63) is 53.0 Å². The van der Waals surface area contributed by atoms with E-state index in [2.05, 4.69) is 11.1 Å². The molecule has 2 aromatic heterocycles. The summed E-state index contributed by atoms with van der Waals surface area (Å²) in [6.07, 6.45) is 0.